The van der Waals surface area contributed by atoms with E-state index in [1.165, 1.54) is 0 Å². The van der Waals surface area contributed by atoms with E-state index in [9.17, 15) is 4.79 Å². The monoisotopic (exact) mass is 364 g/mol. The topological polar surface area (TPSA) is 56.6 Å². The van der Waals surface area contributed by atoms with Crippen LogP contribution in [0.3, 0.4) is 0 Å². The van der Waals surface area contributed by atoms with Gasteiger partial charge in [-0.2, -0.15) is 5.26 Å². The molecule has 1 heterocycles. The molecule has 0 spiro atoms. The smallest absolute Gasteiger partial charge is 0.209 e. The number of hydrogen-bond donors (Lipinski definition) is 1. The van der Waals surface area contributed by atoms with E-state index in [-0.39, 0.29) is 11.2 Å². The van der Waals surface area contributed by atoms with Crippen LogP contribution in [0.4, 0.5) is 0 Å². The average molecular weight is 365 g/mol. The van der Waals surface area contributed by atoms with Crippen molar-refractivity contribution in [1.29, 1.82) is 5.26 Å². The van der Waals surface area contributed by atoms with Crippen LogP contribution >= 0.6 is 15.9 Å². The lowest BCUT2D eigenvalue weighted by atomic mass is 9.70. The van der Waals surface area contributed by atoms with Gasteiger partial charge in [0.15, 0.2) is 0 Å². The minimum atomic E-state index is -0.297. The summed E-state index contributed by atoms with van der Waals surface area (Å²) in [5.74, 6) is 0.0107. The zero-order valence-electron chi connectivity index (χ0n) is 12.7. The van der Waals surface area contributed by atoms with E-state index in [0.717, 1.165) is 32.1 Å². The van der Waals surface area contributed by atoms with Crippen molar-refractivity contribution in [3.63, 3.8) is 0 Å². The lowest BCUT2D eigenvalue weighted by molar-refractivity contribution is 0.102. The SMILES string of the molecule is CC1(C)c2cc(Br)ccc2C(=O)c2[nH]c3cc(C#N)ccc3c21. The Morgan fingerprint density at radius 1 is 1.17 bits per heavy atom. The summed E-state index contributed by atoms with van der Waals surface area (Å²) in [6, 6.07) is 13.5. The van der Waals surface area contributed by atoms with Crippen molar-refractivity contribution >= 4 is 32.6 Å². The second-order valence-corrected chi connectivity index (χ2v) is 7.31. The van der Waals surface area contributed by atoms with Crippen LogP contribution in [0.25, 0.3) is 10.9 Å². The molecular weight excluding hydrogens is 352 g/mol. The number of nitrogens with zero attached hydrogens (tertiary/aromatic N) is 1. The summed E-state index contributed by atoms with van der Waals surface area (Å²) in [7, 11) is 0. The molecule has 0 saturated carbocycles. The Bertz CT molecular complexity index is 1040. The van der Waals surface area contributed by atoms with E-state index in [2.05, 4.69) is 40.8 Å². The maximum Gasteiger partial charge on any atom is 0.209 e. The van der Waals surface area contributed by atoms with Gasteiger partial charge in [-0.1, -0.05) is 35.8 Å². The van der Waals surface area contributed by atoms with Crippen molar-refractivity contribution in [3.8, 4) is 6.07 Å². The fourth-order valence-electron chi connectivity index (χ4n) is 3.59. The first-order chi connectivity index (χ1) is 10.9. The Labute approximate surface area is 142 Å². The minimum Gasteiger partial charge on any atom is -0.352 e. The standard InChI is InChI=1S/C19H13BrN2O/c1-19(2)14-8-11(20)4-6-12(14)18(23)17-16(19)13-5-3-10(9-21)7-15(13)22-17/h3-8,22H,1-2H3. The van der Waals surface area contributed by atoms with Crippen molar-refractivity contribution in [2.75, 3.05) is 0 Å². The molecule has 1 aromatic heterocycles. The number of H-pyrrole nitrogens is 1. The third-order valence-electron chi connectivity index (χ3n) is 4.68. The molecule has 3 aromatic rings. The lowest BCUT2D eigenvalue weighted by Crippen LogP contribution is -2.30. The first-order valence-corrected chi connectivity index (χ1v) is 8.14. The number of carbonyl (C=O) groups is 1. The number of aromatic nitrogens is 1. The van der Waals surface area contributed by atoms with Gasteiger partial charge in [0.1, 0.15) is 0 Å². The van der Waals surface area contributed by atoms with Gasteiger partial charge in [0, 0.05) is 26.4 Å². The highest BCUT2D eigenvalue weighted by molar-refractivity contribution is 9.10. The third-order valence-corrected chi connectivity index (χ3v) is 5.17. The summed E-state index contributed by atoms with van der Waals surface area (Å²) < 4.78 is 0.965. The third kappa shape index (κ3) is 1.83. The highest BCUT2D eigenvalue weighted by Gasteiger charge is 2.39. The van der Waals surface area contributed by atoms with Gasteiger partial charge < -0.3 is 4.98 Å². The molecular formula is C19H13BrN2O. The van der Waals surface area contributed by atoms with Crippen LogP contribution in [0, 0.1) is 11.3 Å². The Morgan fingerprint density at radius 2 is 1.96 bits per heavy atom. The molecule has 23 heavy (non-hydrogen) atoms. The largest absolute Gasteiger partial charge is 0.352 e. The van der Waals surface area contributed by atoms with Crippen LogP contribution in [-0.4, -0.2) is 10.8 Å². The van der Waals surface area contributed by atoms with Gasteiger partial charge in [-0.05, 0) is 41.5 Å². The molecule has 1 aliphatic carbocycles. The molecule has 3 nitrogen and oxygen atoms in total. The quantitative estimate of drug-likeness (QED) is 0.629. The summed E-state index contributed by atoms with van der Waals surface area (Å²) in [6.07, 6.45) is 0. The molecule has 0 fully saturated rings. The molecule has 0 unspecified atom stereocenters. The van der Waals surface area contributed by atoms with Crippen LogP contribution in [0.1, 0.15) is 46.6 Å². The minimum absolute atomic E-state index is 0.0107. The molecule has 0 atom stereocenters. The Morgan fingerprint density at radius 3 is 2.70 bits per heavy atom. The highest BCUT2D eigenvalue weighted by Crippen LogP contribution is 2.45. The Balaban J connectivity index is 2.10. The molecule has 0 bridgehead atoms. The van der Waals surface area contributed by atoms with Crippen molar-refractivity contribution in [2.24, 2.45) is 0 Å². The number of carbonyl (C=O) groups excluding carboxylic acids is 1. The van der Waals surface area contributed by atoms with Crippen molar-refractivity contribution in [2.45, 2.75) is 19.3 Å². The van der Waals surface area contributed by atoms with Crippen LogP contribution in [0.5, 0.6) is 0 Å². The maximum atomic E-state index is 12.9. The number of nitriles is 1. The Hall–Kier alpha value is -2.38. The predicted octanol–water partition coefficient (Wildman–Crippen LogP) is 4.67. The number of halogens is 1. The zero-order valence-corrected chi connectivity index (χ0v) is 14.3. The number of hydrogen-bond acceptors (Lipinski definition) is 2. The predicted molar refractivity (Wildman–Crippen MR) is 92.7 cm³/mol. The molecule has 0 amide bonds. The van der Waals surface area contributed by atoms with E-state index in [0.29, 0.717) is 11.3 Å². The molecule has 0 saturated heterocycles. The van der Waals surface area contributed by atoms with Gasteiger partial charge >= 0.3 is 0 Å². The summed E-state index contributed by atoms with van der Waals surface area (Å²) in [5, 5.41) is 10.1. The van der Waals surface area contributed by atoms with Crippen LogP contribution < -0.4 is 0 Å². The maximum absolute atomic E-state index is 12.9. The first kappa shape index (κ1) is 14.2. The molecule has 112 valence electrons. The Kier molecular flexibility index (Phi) is 2.82. The molecule has 0 radical (unpaired) electrons. The molecule has 1 N–H and O–H groups in total. The lowest BCUT2D eigenvalue weighted by Gasteiger charge is -2.32. The summed E-state index contributed by atoms with van der Waals surface area (Å²) >= 11 is 3.51. The van der Waals surface area contributed by atoms with E-state index in [4.69, 9.17) is 5.26 Å². The highest BCUT2D eigenvalue weighted by atomic mass is 79.9. The van der Waals surface area contributed by atoms with Gasteiger partial charge in [0.05, 0.1) is 17.3 Å². The van der Waals surface area contributed by atoms with Crippen LogP contribution in [0.15, 0.2) is 40.9 Å². The zero-order chi connectivity index (χ0) is 16.4. The van der Waals surface area contributed by atoms with Crippen LogP contribution in [0.2, 0.25) is 0 Å². The normalized spacial score (nSPS) is 15.1. The number of benzene rings is 2. The van der Waals surface area contributed by atoms with Gasteiger partial charge in [0.2, 0.25) is 5.78 Å². The van der Waals surface area contributed by atoms with E-state index in [1.54, 1.807) is 12.1 Å². The van der Waals surface area contributed by atoms with Gasteiger partial charge in [-0.15, -0.1) is 0 Å². The van der Waals surface area contributed by atoms with Crippen molar-refractivity contribution in [1.82, 2.24) is 4.98 Å². The molecule has 2 aromatic carbocycles. The van der Waals surface area contributed by atoms with E-state index >= 15 is 0 Å². The number of nitrogens with one attached hydrogen (secondary N) is 1. The second kappa shape index (κ2) is 4.56. The van der Waals surface area contributed by atoms with Gasteiger partial charge in [-0.25, -0.2) is 0 Å². The van der Waals surface area contributed by atoms with Gasteiger partial charge in [0.25, 0.3) is 0 Å². The molecule has 4 heteroatoms. The summed E-state index contributed by atoms with van der Waals surface area (Å²) in [5.41, 5.74) is 4.52. The molecule has 1 aliphatic rings. The van der Waals surface area contributed by atoms with Crippen molar-refractivity contribution < 1.29 is 4.79 Å². The number of rotatable bonds is 0. The number of aromatic amines is 1. The fourth-order valence-corrected chi connectivity index (χ4v) is 3.95. The summed E-state index contributed by atoms with van der Waals surface area (Å²) in [6.45, 7) is 4.27. The second-order valence-electron chi connectivity index (χ2n) is 6.39. The fraction of sp³-hybridized carbons (Fsp3) is 0.158. The van der Waals surface area contributed by atoms with E-state index < -0.39 is 0 Å². The van der Waals surface area contributed by atoms with Gasteiger partial charge in [-0.3, -0.25) is 4.79 Å². The molecule has 0 aliphatic heterocycles. The average Bonchev–Trinajstić information content (AvgIpc) is 2.92. The molecule has 4 rings (SSSR count). The van der Waals surface area contributed by atoms with E-state index in [1.807, 2.05) is 24.3 Å². The van der Waals surface area contributed by atoms with Crippen LogP contribution in [-0.2, 0) is 5.41 Å². The number of fused-ring (bicyclic) bond motifs is 4. The number of ketones is 1. The van der Waals surface area contributed by atoms with Crippen molar-refractivity contribution in [3.05, 3.63) is 68.8 Å². The summed E-state index contributed by atoms with van der Waals surface area (Å²) in [4.78, 5) is 16.2. The first-order valence-electron chi connectivity index (χ1n) is 7.34.